The van der Waals surface area contributed by atoms with Crippen LogP contribution in [0, 0.1) is 17.8 Å². The number of nitrogens with one attached hydrogen (secondary N) is 1. The summed E-state index contributed by atoms with van der Waals surface area (Å²) >= 11 is 0. The standard InChI is InChI=1S/C53H45N3O8/c1-61-40-23-16-32(17-24-40)14-15-33-18-25-42-41(28-33)53(52(60)54-42)45(50(58)55-27-26-37-29-43(62-2)44(63-3)30-38(37)31-55)47-51(59)64-48(35-12-8-5-9-13-35)46(34-10-6-4-7-11-34)56(47)49(53)36-19-21-39(57)22-20-36/h4-13,16-25,28-30,45-49,57H,26-27,31H2,1-3H3,(H,54,60). The maximum atomic E-state index is 16.1. The minimum absolute atomic E-state index is 0.0335. The molecule has 0 saturated carbocycles. The summed E-state index contributed by atoms with van der Waals surface area (Å²) in [6, 6.07) is 40.1. The van der Waals surface area contributed by atoms with Crippen LogP contribution in [0.4, 0.5) is 5.69 Å². The first-order valence-corrected chi connectivity index (χ1v) is 21.2. The zero-order chi connectivity index (χ0) is 44.1. The van der Waals surface area contributed by atoms with Crippen LogP contribution in [-0.2, 0) is 37.5 Å². The molecule has 0 bridgehead atoms. The predicted octanol–water partition coefficient (Wildman–Crippen LogP) is 7.67. The lowest BCUT2D eigenvalue weighted by Gasteiger charge is -2.46. The molecule has 64 heavy (non-hydrogen) atoms. The van der Waals surface area contributed by atoms with Crippen LogP contribution >= 0.6 is 0 Å². The number of carbonyl (C=O) groups excluding carboxylic acids is 3. The number of rotatable bonds is 7. The minimum Gasteiger partial charge on any atom is -0.508 e. The Morgan fingerprint density at radius 1 is 0.719 bits per heavy atom. The predicted molar refractivity (Wildman–Crippen MR) is 239 cm³/mol. The molecule has 4 aliphatic rings. The average molecular weight is 852 g/mol. The van der Waals surface area contributed by atoms with E-state index >= 15 is 14.4 Å². The van der Waals surface area contributed by atoms with Crippen molar-refractivity contribution in [2.24, 2.45) is 5.92 Å². The topological polar surface area (TPSA) is 127 Å². The van der Waals surface area contributed by atoms with Crippen molar-refractivity contribution in [1.29, 1.82) is 0 Å². The summed E-state index contributed by atoms with van der Waals surface area (Å²) in [7, 11) is 4.77. The van der Waals surface area contributed by atoms with Crippen molar-refractivity contribution >= 4 is 23.5 Å². The number of ether oxygens (including phenoxy) is 4. The fraction of sp³-hybridized carbons (Fsp3) is 0.226. The molecule has 2 N–H and O–H groups in total. The van der Waals surface area contributed by atoms with Gasteiger partial charge in [0.05, 0.1) is 39.3 Å². The van der Waals surface area contributed by atoms with E-state index in [-0.39, 0.29) is 18.2 Å². The first-order chi connectivity index (χ1) is 31.2. The third-order valence-corrected chi connectivity index (χ3v) is 13.3. The zero-order valence-corrected chi connectivity index (χ0v) is 35.5. The number of hydrogen-bond acceptors (Lipinski definition) is 9. The van der Waals surface area contributed by atoms with Crippen molar-refractivity contribution in [2.75, 3.05) is 33.2 Å². The molecule has 0 aromatic heterocycles. The van der Waals surface area contributed by atoms with Crippen LogP contribution in [0.1, 0.15) is 62.7 Å². The summed E-state index contributed by atoms with van der Waals surface area (Å²) in [5.41, 5.74) is 4.87. The number of methoxy groups -OCH3 is 3. The lowest BCUT2D eigenvalue weighted by atomic mass is 9.65. The molecule has 320 valence electrons. The van der Waals surface area contributed by atoms with Gasteiger partial charge in [-0.15, -0.1) is 0 Å². The number of fused-ring (bicyclic) bond motifs is 4. The van der Waals surface area contributed by atoms with E-state index < -0.39 is 47.4 Å². The largest absolute Gasteiger partial charge is 0.508 e. The van der Waals surface area contributed by atoms with E-state index in [0.29, 0.717) is 52.6 Å². The van der Waals surface area contributed by atoms with E-state index in [0.717, 1.165) is 27.8 Å². The highest BCUT2D eigenvalue weighted by molar-refractivity contribution is 6.12. The quantitative estimate of drug-likeness (QED) is 0.123. The molecule has 10 rings (SSSR count). The smallest absolute Gasteiger partial charge is 0.324 e. The number of anilines is 1. The molecule has 2 amide bonds. The van der Waals surface area contributed by atoms with Gasteiger partial charge in [-0.3, -0.25) is 19.3 Å². The number of aromatic hydroxyl groups is 1. The number of amides is 2. The molecular weight excluding hydrogens is 807 g/mol. The Morgan fingerprint density at radius 2 is 1.36 bits per heavy atom. The minimum atomic E-state index is -1.71. The Morgan fingerprint density at radius 3 is 2.03 bits per heavy atom. The molecule has 6 aromatic carbocycles. The van der Waals surface area contributed by atoms with Crippen LogP contribution in [0.3, 0.4) is 0 Å². The van der Waals surface area contributed by atoms with E-state index in [2.05, 4.69) is 22.1 Å². The molecule has 2 saturated heterocycles. The molecule has 4 aliphatic heterocycles. The second kappa shape index (κ2) is 16.3. The zero-order valence-electron chi connectivity index (χ0n) is 35.5. The summed E-state index contributed by atoms with van der Waals surface area (Å²) in [6.45, 7) is 0.541. The number of morpholine rings is 1. The van der Waals surface area contributed by atoms with Crippen molar-refractivity contribution in [3.05, 3.63) is 184 Å². The summed E-state index contributed by atoms with van der Waals surface area (Å²) in [5, 5.41) is 13.9. The van der Waals surface area contributed by atoms with Crippen molar-refractivity contribution in [3.8, 4) is 34.8 Å². The van der Waals surface area contributed by atoms with E-state index in [9.17, 15) is 5.11 Å². The Labute approximate surface area is 371 Å². The van der Waals surface area contributed by atoms with Gasteiger partial charge in [0.2, 0.25) is 11.8 Å². The SMILES string of the molecule is COc1ccc(C#Cc2ccc3c(c2)C2(C(=O)N3)C(C(=O)N3CCc4cc(OC)c(OC)cc4C3)C3C(=O)OC(c4ccccc4)C(c4ccccc4)N3C2c2ccc(O)cc2)cc1. The van der Waals surface area contributed by atoms with Crippen LogP contribution in [0.15, 0.2) is 140 Å². The third-order valence-electron chi connectivity index (χ3n) is 13.3. The van der Waals surface area contributed by atoms with E-state index in [1.165, 1.54) is 0 Å². The summed E-state index contributed by atoms with van der Waals surface area (Å²) in [6.07, 6.45) is -0.300. The van der Waals surface area contributed by atoms with Crippen LogP contribution < -0.4 is 19.5 Å². The van der Waals surface area contributed by atoms with Gasteiger partial charge in [-0.1, -0.05) is 84.6 Å². The van der Waals surface area contributed by atoms with Gasteiger partial charge < -0.3 is 34.3 Å². The number of esters is 1. The third kappa shape index (κ3) is 6.61. The Kier molecular flexibility index (Phi) is 10.3. The van der Waals surface area contributed by atoms with Gasteiger partial charge in [-0.25, -0.2) is 0 Å². The van der Waals surface area contributed by atoms with E-state index in [4.69, 9.17) is 18.9 Å². The number of nitrogens with zero attached hydrogens (tertiary/aromatic N) is 2. The molecule has 6 aromatic rings. The van der Waals surface area contributed by atoms with Crippen molar-refractivity contribution < 1.29 is 38.4 Å². The molecule has 6 atom stereocenters. The fourth-order valence-electron chi connectivity index (χ4n) is 10.4. The maximum Gasteiger partial charge on any atom is 0.324 e. The van der Waals surface area contributed by atoms with Crippen LogP contribution in [0.5, 0.6) is 23.0 Å². The van der Waals surface area contributed by atoms with E-state index in [1.807, 2.05) is 115 Å². The molecule has 1 spiro atoms. The maximum absolute atomic E-state index is 16.1. The number of hydrogen-bond donors (Lipinski definition) is 2. The normalized spacial score (nSPS) is 23.2. The van der Waals surface area contributed by atoms with Crippen LogP contribution in [0.25, 0.3) is 0 Å². The molecule has 0 aliphatic carbocycles. The summed E-state index contributed by atoms with van der Waals surface area (Å²) in [5.74, 6) is 5.74. The van der Waals surface area contributed by atoms with Gasteiger partial charge in [-0.2, -0.15) is 0 Å². The number of cyclic esters (lactones) is 1. The van der Waals surface area contributed by atoms with Gasteiger partial charge in [0.1, 0.15) is 29.1 Å². The number of phenols is 1. The Bertz CT molecular complexity index is 2840. The van der Waals surface area contributed by atoms with Crippen molar-refractivity contribution in [1.82, 2.24) is 9.80 Å². The Balaban J connectivity index is 1.21. The molecule has 11 heteroatoms. The van der Waals surface area contributed by atoms with E-state index in [1.54, 1.807) is 50.5 Å². The first kappa shape index (κ1) is 40.5. The van der Waals surface area contributed by atoms with Gasteiger partial charge in [0.15, 0.2) is 11.5 Å². The molecule has 0 radical (unpaired) electrons. The molecule has 6 unspecified atom stereocenters. The van der Waals surface area contributed by atoms with Crippen LogP contribution in [-0.4, -0.2) is 66.6 Å². The van der Waals surface area contributed by atoms with Gasteiger partial charge in [-0.05, 0) is 107 Å². The lowest BCUT2D eigenvalue weighted by Crippen LogP contribution is -2.56. The molecule has 4 heterocycles. The van der Waals surface area contributed by atoms with Gasteiger partial charge in [0.25, 0.3) is 0 Å². The monoisotopic (exact) mass is 851 g/mol. The van der Waals surface area contributed by atoms with Gasteiger partial charge >= 0.3 is 5.97 Å². The number of carbonyl (C=O) groups is 3. The van der Waals surface area contributed by atoms with Gasteiger partial charge in [0, 0.05) is 29.9 Å². The molecule has 11 nitrogen and oxygen atoms in total. The molecular formula is C53H45N3O8. The average Bonchev–Trinajstić information content (AvgIpc) is 3.81. The summed E-state index contributed by atoms with van der Waals surface area (Å²) < 4.78 is 23.2. The number of benzene rings is 6. The van der Waals surface area contributed by atoms with Crippen molar-refractivity contribution in [2.45, 2.75) is 42.6 Å². The van der Waals surface area contributed by atoms with Crippen molar-refractivity contribution in [3.63, 3.8) is 0 Å². The number of phenolic OH excluding ortho intramolecular Hbond substituents is 1. The Hall–Kier alpha value is -7.55. The highest BCUT2D eigenvalue weighted by Crippen LogP contribution is 2.65. The highest BCUT2D eigenvalue weighted by Gasteiger charge is 2.74. The summed E-state index contributed by atoms with van der Waals surface area (Å²) in [4.78, 5) is 50.8. The fourth-order valence-corrected chi connectivity index (χ4v) is 10.4. The van der Waals surface area contributed by atoms with Crippen LogP contribution in [0.2, 0.25) is 0 Å². The lowest BCUT2D eigenvalue weighted by molar-refractivity contribution is -0.179. The first-order valence-electron chi connectivity index (χ1n) is 21.2. The highest BCUT2D eigenvalue weighted by atomic mass is 16.6. The second-order valence-electron chi connectivity index (χ2n) is 16.5. The molecule has 2 fully saturated rings. The second-order valence-corrected chi connectivity index (χ2v) is 16.5.